The quantitative estimate of drug-likeness (QED) is 0.650. The number of hydrogen-bond donors (Lipinski definition) is 0. The summed E-state index contributed by atoms with van der Waals surface area (Å²) in [4.78, 5) is 42.9. The number of carbonyl (C=O) groups is 3. The summed E-state index contributed by atoms with van der Waals surface area (Å²) >= 11 is 1.23. The van der Waals surface area contributed by atoms with Gasteiger partial charge >= 0.3 is 5.97 Å². The predicted octanol–water partition coefficient (Wildman–Crippen LogP) is 2.78. The molecule has 0 bridgehead atoms. The lowest BCUT2D eigenvalue weighted by Gasteiger charge is -2.25. The number of rotatable bonds is 7. The fraction of sp³-hybridized carbons (Fsp3) is 0.381. The van der Waals surface area contributed by atoms with E-state index in [4.69, 9.17) is 4.74 Å². The molecule has 0 saturated carbocycles. The Morgan fingerprint density at radius 1 is 1.38 bits per heavy atom. The van der Waals surface area contributed by atoms with Crippen molar-refractivity contribution in [3.05, 3.63) is 52.0 Å². The minimum atomic E-state index is -1.05. The van der Waals surface area contributed by atoms with Crippen LogP contribution in [0.3, 0.4) is 0 Å². The number of esters is 1. The van der Waals surface area contributed by atoms with Crippen molar-refractivity contribution in [3.63, 3.8) is 0 Å². The van der Waals surface area contributed by atoms with Crippen LogP contribution in [-0.2, 0) is 19.1 Å². The van der Waals surface area contributed by atoms with Gasteiger partial charge < -0.3 is 9.64 Å². The minimum Gasteiger partial charge on any atom is -0.457 e. The van der Waals surface area contributed by atoms with E-state index in [1.54, 1.807) is 17.2 Å². The number of benzene rings is 1. The molecule has 1 aromatic heterocycles. The molecule has 1 fully saturated rings. The molecule has 0 unspecified atom stereocenters. The van der Waals surface area contributed by atoms with Crippen LogP contribution in [0.4, 0.5) is 0 Å². The number of aromatic nitrogens is 1. The number of carbonyl (C=O) groups excluding carboxylic acids is 3. The lowest BCUT2D eigenvalue weighted by molar-refractivity contribution is -0.152. The Labute approximate surface area is 172 Å². The van der Waals surface area contributed by atoms with E-state index in [0.717, 1.165) is 11.3 Å². The molecule has 0 radical (unpaired) electrons. The topological polar surface area (TPSA) is 100 Å². The summed E-state index contributed by atoms with van der Waals surface area (Å²) < 4.78 is 5.14. The van der Waals surface area contributed by atoms with E-state index in [-0.39, 0.29) is 24.9 Å². The van der Waals surface area contributed by atoms with Crippen LogP contribution in [0.1, 0.15) is 41.6 Å². The maximum atomic E-state index is 12.4. The largest absolute Gasteiger partial charge is 0.457 e. The maximum Gasteiger partial charge on any atom is 0.311 e. The summed E-state index contributed by atoms with van der Waals surface area (Å²) in [5.74, 6) is -2.91. The molecule has 3 atom stereocenters. The molecule has 2 heterocycles. The zero-order valence-corrected chi connectivity index (χ0v) is 17.0. The molecule has 1 amide bonds. The van der Waals surface area contributed by atoms with Gasteiger partial charge in [0.15, 0.2) is 18.3 Å². The fourth-order valence-electron chi connectivity index (χ4n) is 3.29. The molecule has 1 aliphatic heterocycles. The number of ketones is 1. The standard InChI is InChI=1S/C21H21N3O4S/c1-13-12-29-20(23-13)17(9-22)18(25)11-28-21(27)16-8-19(26)24(10-16)14(2)15-6-4-3-5-7-15/h3-7,12,14,16-17H,8,10-11H2,1-2H3/t14-,16-,17+/m0/s1. The summed E-state index contributed by atoms with van der Waals surface area (Å²) in [7, 11) is 0. The van der Waals surface area contributed by atoms with Gasteiger partial charge in [-0.15, -0.1) is 11.3 Å². The van der Waals surface area contributed by atoms with Gasteiger partial charge in [-0.1, -0.05) is 30.3 Å². The second-order valence-electron chi connectivity index (χ2n) is 7.00. The number of thiazole rings is 1. The van der Waals surface area contributed by atoms with Crippen molar-refractivity contribution in [2.45, 2.75) is 32.2 Å². The normalized spacial score (nSPS) is 18.2. The Kier molecular flexibility index (Phi) is 6.39. The van der Waals surface area contributed by atoms with Crippen LogP contribution in [0.15, 0.2) is 35.7 Å². The van der Waals surface area contributed by atoms with Crippen LogP contribution in [0.25, 0.3) is 0 Å². The number of hydrogen-bond acceptors (Lipinski definition) is 7. The first-order valence-corrected chi connectivity index (χ1v) is 10.1. The highest BCUT2D eigenvalue weighted by molar-refractivity contribution is 7.09. The highest BCUT2D eigenvalue weighted by atomic mass is 32.1. The van der Waals surface area contributed by atoms with Gasteiger partial charge in [0, 0.05) is 24.0 Å². The van der Waals surface area contributed by atoms with Crippen molar-refractivity contribution < 1.29 is 19.1 Å². The molecule has 0 N–H and O–H groups in total. The minimum absolute atomic E-state index is 0.0531. The van der Waals surface area contributed by atoms with E-state index in [1.807, 2.05) is 43.3 Å². The fourth-order valence-corrected chi connectivity index (χ4v) is 4.15. The zero-order chi connectivity index (χ0) is 21.0. The van der Waals surface area contributed by atoms with Crippen molar-refractivity contribution in [2.75, 3.05) is 13.2 Å². The Morgan fingerprint density at radius 3 is 2.72 bits per heavy atom. The van der Waals surface area contributed by atoms with Crippen molar-refractivity contribution in [1.82, 2.24) is 9.88 Å². The molecule has 150 valence electrons. The molecule has 1 saturated heterocycles. The third kappa shape index (κ3) is 4.69. The summed E-state index contributed by atoms with van der Waals surface area (Å²) in [6.45, 7) is 3.43. The lowest BCUT2D eigenvalue weighted by Crippen LogP contribution is -2.30. The predicted molar refractivity (Wildman–Crippen MR) is 106 cm³/mol. The average Bonchev–Trinajstić information content (AvgIpc) is 3.32. The number of amides is 1. The third-order valence-electron chi connectivity index (χ3n) is 4.93. The van der Waals surface area contributed by atoms with Gasteiger partial charge in [-0.05, 0) is 19.4 Å². The first kappa shape index (κ1) is 20.7. The molecule has 7 nitrogen and oxygen atoms in total. The lowest BCUT2D eigenvalue weighted by atomic mass is 10.1. The summed E-state index contributed by atoms with van der Waals surface area (Å²) in [6, 6.07) is 11.3. The average molecular weight is 411 g/mol. The first-order chi connectivity index (χ1) is 13.9. The van der Waals surface area contributed by atoms with Crippen LogP contribution >= 0.6 is 11.3 Å². The summed E-state index contributed by atoms with van der Waals surface area (Å²) in [6.07, 6.45) is 0.0531. The van der Waals surface area contributed by atoms with Crippen molar-refractivity contribution in [2.24, 2.45) is 5.92 Å². The number of likely N-dealkylation sites (tertiary alicyclic amines) is 1. The number of Topliss-reactive ketones (excluding diaryl/α,β-unsaturated/α-hetero) is 1. The molecule has 0 spiro atoms. The number of aryl methyl sites for hydroxylation is 1. The van der Waals surface area contributed by atoms with Gasteiger partial charge in [-0.3, -0.25) is 14.4 Å². The Morgan fingerprint density at radius 2 is 2.10 bits per heavy atom. The molecular weight excluding hydrogens is 390 g/mol. The molecule has 0 aliphatic carbocycles. The van der Waals surface area contributed by atoms with E-state index in [2.05, 4.69) is 4.98 Å². The summed E-state index contributed by atoms with van der Waals surface area (Å²) in [5.41, 5.74) is 1.72. The number of nitrogens with zero attached hydrogens (tertiary/aromatic N) is 3. The number of ether oxygens (including phenoxy) is 1. The van der Waals surface area contributed by atoms with Gasteiger partial charge in [0.05, 0.1) is 18.0 Å². The van der Waals surface area contributed by atoms with Gasteiger partial charge in [0.2, 0.25) is 5.91 Å². The Hall–Kier alpha value is -3.05. The molecule has 2 aromatic rings. The third-order valence-corrected chi connectivity index (χ3v) is 5.96. The highest BCUT2D eigenvalue weighted by Gasteiger charge is 2.38. The van der Waals surface area contributed by atoms with Crippen LogP contribution in [0, 0.1) is 24.2 Å². The van der Waals surface area contributed by atoms with Gasteiger partial charge in [0.1, 0.15) is 5.01 Å². The van der Waals surface area contributed by atoms with E-state index >= 15 is 0 Å². The zero-order valence-electron chi connectivity index (χ0n) is 16.2. The van der Waals surface area contributed by atoms with Gasteiger partial charge in [-0.2, -0.15) is 5.26 Å². The second-order valence-corrected chi connectivity index (χ2v) is 7.89. The molecule has 29 heavy (non-hydrogen) atoms. The van der Waals surface area contributed by atoms with Crippen molar-refractivity contribution in [1.29, 1.82) is 5.26 Å². The Bertz CT molecular complexity index is 950. The first-order valence-electron chi connectivity index (χ1n) is 9.26. The maximum absolute atomic E-state index is 12.4. The SMILES string of the molecule is Cc1csc([C@H](C#N)C(=O)COC(=O)[C@H]2CC(=O)N([C@@H](C)c3ccccc3)C2)n1. The molecular formula is C21H21N3O4S. The van der Waals surface area contributed by atoms with E-state index < -0.39 is 30.2 Å². The summed E-state index contributed by atoms with van der Waals surface area (Å²) in [5, 5.41) is 11.4. The van der Waals surface area contributed by atoms with E-state index in [0.29, 0.717) is 5.01 Å². The van der Waals surface area contributed by atoms with Gasteiger partial charge in [0.25, 0.3) is 0 Å². The smallest absolute Gasteiger partial charge is 0.311 e. The highest BCUT2D eigenvalue weighted by Crippen LogP contribution is 2.29. The van der Waals surface area contributed by atoms with Crippen molar-refractivity contribution >= 4 is 29.0 Å². The Balaban J connectivity index is 1.57. The van der Waals surface area contributed by atoms with Crippen LogP contribution in [0.2, 0.25) is 0 Å². The van der Waals surface area contributed by atoms with Crippen molar-refractivity contribution in [3.8, 4) is 6.07 Å². The van der Waals surface area contributed by atoms with Crippen LogP contribution < -0.4 is 0 Å². The van der Waals surface area contributed by atoms with Crippen LogP contribution in [0.5, 0.6) is 0 Å². The molecule has 8 heteroatoms. The monoisotopic (exact) mass is 411 g/mol. The van der Waals surface area contributed by atoms with Gasteiger partial charge in [-0.25, -0.2) is 4.98 Å². The molecule has 1 aliphatic rings. The van der Waals surface area contributed by atoms with Crippen LogP contribution in [-0.4, -0.2) is 40.7 Å². The molecule has 3 rings (SSSR count). The number of nitriles is 1. The molecule has 1 aromatic carbocycles. The second kappa shape index (κ2) is 8.97. The van der Waals surface area contributed by atoms with E-state index in [1.165, 1.54) is 11.3 Å². The van der Waals surface area contributed by atoms with E-state index in [9.17, 15) is 19.6 Å².